The second-order valence-electron chi connectivity index (χ2n) is 4.28. The van der Waals surface area contributed by atoms with Crippen molar-refractivity contribution in [1.29, 1.82) is 0 Å². The second-order valence-corrected chi connectivity index (χ2v) is 4.77. The molecule has 1 heterocycles. The van der Waals surface area contributed by atoms with Crippen molar-refractivity contribution in [1.82, 2.24) is 9.29 Å². The lowest BCUT2D eigenvalue weighted by atomic mass is 10.3. The number of hydrogen-bond acceptors (Lipinski definition) is 8. The first-order valence-corrected chi connectivity index (χ1v) is 6.54. The minimum absolute atomic E-state index is 0.0280. The number of amides is 1. The summed E-state index contributed by atoms with van der Waals surface area (Å²) in [5.74, 6) is -1.96. The van der Waals surface area contributed by atoms with Gasteiger partial charge in [-0.15, -0.1) is 0 Å². The van der Waals surface area contributed by atoms with Crippen LogP contribution >= 0.6 is 12.8 Å². The molecule has 0 fully saturated rings. The van der Waals surface area contributed by atoms with Crippen molar-refractivity contribution in [2.75, 3.05) is 18.4 Å². The Balaban J connectivity index is 2.15. The van der Waals surface area contributed by atoms with E-state index in [4.69, 9.17) is 9.52 Å². The molecule has 0 radical (unpaired) electrons. The lowest BCUT2D eigenvalue weighted by Gasteiger charge is -2.19. The summed E-state index contributed by atoms with van der Waals surface area (Å²) >= 11 is 3.78. The molecule has 0 saturated heterocycles. The van der Waals surface area contributed by atoms with E-state index < -0.39 is 31.0 Å². The molecule has 1 amide bonds. The number of para-hydroxylation sites is 2. The molecule has 0 bridgehead atoms. The van der Waals surface area contributed by atoms with Crippen LogP contribution in [0.15, 0.2) is 33.9 Å². The Morgan fingerprint density at radius 1 is 1.45 bits per heavy atom. The highest BCUT2D eigenvalue weighted by Crippen LogP contribution is 2.19. The summed E-state index contributed by atoms with van der Waals surface area (Å²) in [5.41, 5.74) is 1.08. The van der Waals surface area contributed by atoms with Crippen molar-refractivity contribution in [2.24, 2.45) is 5.18 Å². The van der Waals surface area contributed by atoms with Crippen molar-refractivity contribution in [2.45, 2.75) is 6.04 Å². The third kappa shape index (κ3) is 3.73. The zero-order chi connectivity index (χ0) is 16.1. The number of carboxylic acid groups (broad SMARTS) is 1. The van der Waals surface area contributed by atoms with E-state index in [2.05, 4.69) is 28.3 Å². The van der Waals surface area contributed by atoms with Gasteiger partial charge in [-0.25, -0.2) is 0 Å². The van der Waals surface area contributed by atoms with Gasteiger partial charge in [0.25, 0.3) is 11.9 Å². The van der Waals surface area contributed by atoms with Crippen molar-refractivity contribution in [3.8, 4) is 0 Å². The molecule has 1 atom stereocenters. The molecule has 22 heavy (non-hydrogen) atoms. The number of anilines is 1. The van der Waals surface area contributed by atoms with Crippen LogP contribution in [0, 0.1) is 4.91 Å². The average Bonchev–Trinajstić information content (AvgIpc) is 2.87. The van der Waals surface area contributed by atoms with Crippen LogP contribution in [0.5, 0.6) is 0 Å². The maximum Gasteiger partial charge on any atom is 0.324 e. The number of benzene rings is 1. The fraction of sp³-hybridized carbons (Fsp3) is 0.250. The standard InChI is InChI=1S/C12H12N4O5S/c17-10(18)6-16(22)11(19)8(5-13-20)15-12-14-7-3-1-2-4-9(7)21-12/h1-4,8,22H,5-6H2,(H,14,15)(H,17,18). The predicted octanol–water partition coefficient (Wildman–Crippen LogP) is 1.13. The summed E-state index contributed by atoms with van der Waals surface area (Å²) < 4.78 is 6.05. The number of hydrogen-bond donors (Lipinski definition) is 3. The molecule has 0 saturated carbocycles. The first kappa shape index (κ1) is 15.8. The third-order valence-corrected chi connectivity index (χ3v) is 3.02. The highest BCUT2D eigenvalue weighted by atomic mass is 32.1. The summed E-state index contributed by atoms with van der Waals surface area (Å²) in [4.78, 5) is 37.2. The molecule has 0 aliphatic carbocycles. The number of carboxylic acids is 1. The van der Waals surface area contributed by atoms with Gasteiger partial charge in [0.05, 0.1) is 0 Å². The average molecular weight is 324 g/mol. The van der Waals surface area contributed by atoms with Crippen LogP contribution in [0.3, 0.4) is 0 Å². The number of nitrogens with one attached hydrogen (secondary N) is 1. The molecule has 1 aromatic carbocycles. The molecule has 2 aromatic rings. The molecule has 1 aromatic heterocycles. The summed E-state index contributed by atoms with van der Waals surface area (Å²) in [6.45, 7) is -1.04. The van der Waals surface area contributed by atoms with E-state index in [1.165, 1.54) is 0 Å². The Kier molecular flexibility index (Phi) is 4.94. The van der Waals surface area contributed by atoms with E-state index in [0.29, 0.717) is 15.4 Å². The number of carbonyl (C=O) groups excluding carboxylic acids is 1. The molecule has 0 aliphatic heterocycles. The van der Waals surface area contributed by atoms with Gasteiger partial charge < -0.3 is 14.8 Å². The smallest absolute Gasteiger partial charge is 0.324 e. The quantitative estimate of drug-likeness (QED) is 0.515. The maximum atomic E-state index is 12.0. The molecule has 1 unspecified atom stereocenters. The number of fused-ring (bicyclic) bond motifs is 1. The summed E-state index contributed by atoms with van der Waals surface area (Å²) in [6, 6.07) is 5.84. The number of carbonyl (C=O) groups is 2. The van der Waals surface area contributed by atoms with Crippen LogP contribution in [-0.2, 0) is 9.59 Å². The van der Waals surface area contributed by atoms with Gasteiger partial charge in [-0.1, -0.05) is 30.1 Å². The summed E-state index contributed by atoms with van der Waals surface area (Å²) in [7, 11) is 0. The van der Waals surface area contributed by atoms with Crippen molar-refractivity contribution in [3.63, 3.8) is 0 Å². The first-order valence-electron chi connectivity index (χ1n) is 6.14. The zero-order valence-electron chi connectivity index (χ0n) is 11.2. The lowest BCUT2D eigenvalue weighted by molar-refractivity contribution is -0.140. The van der Waals surface area contributed by atoms with Crippen LogP contribution in [0.25, 0.3) is 11.1 Å². The van der Waals surface area contributed by atoms with E-state index in [9.17, 15) is 14.5 Å². The number of aliphatic carboxylic acids is 1. The van der Waals surface area contributed by atoms with Crippen molar-refractivity contribution >= 4 is 41.8 Å². The largest absolute Gasteiger partial charge is 0.480 e. The van der Waals surface area contributed by atoms with Crippen LogP contribution in [-0.4, -0.2) is 45.4 Å². The van der Waals surface area contributed by atoms with E-state index >= 15 is 0 Å². The van der Waals surface area contributed by atoms with E-state index in [1.54, 1.807) is 24.3 Å². The third-order valence-electron chi connectivity index (χ3n) is 2.69. The number of oxazole rings is 1. The number of rotatable bonds is 7. The summed E-state index contributed by atoms with van der Waals surface area (Å²) in [6.07, 6.45) is 0. The number of aromatic nitrogens is 1. The molecular weight excluding hydrogens is 312 g/mol. The van der Waals surface area contributed by atoms with Crippen LogP contribution in [0.4, 0.5) is 6.01 Å². The first-order chi connectivity index (χ1) is 10.5. The Labute approximate surface area is 129 Å². The Bertz CT molecular complexity index is 671. The lowest BCUT2D eigenvalue weighted by Crippen LogP contribution is -2.42. The molecule has 2 N–H and O–H groups in total. The van der Waals surface area contributed by atoms with Crippen LogP contribution in [0.2, 0.25) is 0 Å². The monoisotopic (exact) mass is 324 g/mol. The summed E-state index contributed by atoms with van der Waals surface area (Å²) in [5, 5.41) is 13.9. The topological polar surface area (TPSA) is 125 Å². The molecule has 10 heteroatoms. The molecule has 0 spiro atoms. The fourth-order valence-electron chi connectivity index (χ4n) is 1.73. The van der Waals surface area contributed by atoms with Crippen molar-refractivity contribution in [3.05, 3.63) is 29.2 Å². The minimum atomic E-state index is -1.23. The van der Waals surface area contributed by atoms with Gasteiger partial charge in [-0.2, -0.15) is 9.89 Å². The Morgan fingerprint density at radius 2 is 2.18 bits per heavy atom. The van der Waals surface area contributed by atoms with Gasteiger partial charge in [0.2, 0.25) is 0 Å². The number of nitrogens with zero attached hydrogens (tertiary/aromatic N) is 3. The van der Waals surface area contributed by atoms with E-state index in [1.807, 2.05) is 0 Å². The minimum Gasteiger partial charge on any atom is -0.480 e. The normalized spacial score (nSPS) is 11.9. The van der Waals surface area contributed by atoms with Gasteiger partial charge in [-0.3, -0.25) is 13.9 Å². The fourth-order valence-corrected chi connectivity index (χ4v) is 1.99. The van der Waals surface area contributed by atoms with Gasteiger partial charge >= 0.3 is 5.97 Å². The highest BCUT2D eigenvalue weighted by molar-refractivity contribution is 7.78. The maximum absolute atomic E-state index is 12.0. The Hall–Kier alpha value is -2.62. The molecular formula is C12H12N4O5S. The second kappa shape index (κ2) is 6.89. The van der Waals surface area contributed by atoms with E-state index in [-0.39, 0.29) is 6.01 Å². The van der Waals surface area contributed by atoms with Crippen LogP contribution in [0.1, 0.15) is 0 Å². The van der Waals surface area contributed by atoms with Crippen molar-refractivity contribution < 1.29 is 19.1 Å². The number of thiol groups is 1. The van der Waals surface area contributed by atoms with Gasteiger partial charge in [0, 0.05) is 0 Å². The zero-order valence-corrected chi connectivity index (χ0v) is 12.1. The molecule has 116 valence electrons. The SMILES string of the molecule is O=NCC(Nc1nc2ccccc2o1)C(=O)N(S)CC(=O)O. The van der Waals surface area contributed by atoms with Gasteiger partial charge in [-0.05, 0) is 12.1 Å². The Morgan fingerprint density at radius 3 is 2.82 bits per heavy atom. The van der Waals surface area contributed by atoms with Gasteiger partial charge in [0.15, 0.2) is 5.58 Å². The molecule has 2 rings (SSSR count). The molecule has 0 aliphatic rings. The predicted molar refractivity (Wildman–Crippen MR) is 80.4 cm³/mol. The molecule has 9 nitrogen and oxygen atoms in total. The van der Waals surface area contributed by atoms with Crippen LogP contribution < -0.4 is 5.32 Å². The van der Waals surface area contributed by atoms with E-state index in [0.717, 1.165) is 0 Å². The number of nitroso groups, excluding NO2 is 1. The highest BCUT2D eigenvalue weighted by Gasteiger charge is 2.26. The van der Waals surface area contributed by atoms with Gasteiger partial charge in [0.1, 0.15) is 24.6 Å².